The van der Waals surface area contributed by atoms with Gasteiger partial charge in [0.2, 0.25) is 5.95 Å². The third kappa shape index (κ3) is 7.09. The van der Waals surface area contributed by atoms with Gasteiger partial charge >= 0.3 is 0 Å². The molecule has 4 aliphatic rings. The molecule has 5 rings (SSSR count). The van der Waals surface area contributed by atoms with E-state index in [1.807, 2.05) is 6.20 Å². The highest BCUT2D eigenvalue weighted by Gasteiger charge is 2.38. The van der Waals surface area contributed by atoms with Crippen molar-refractivity contribution in [3.63, 3.8) is 0 Å². The van der Waals surface area contributed by atoms with Crippen LogP contribution in [0.3, 0.4) is 0 Å². The van der Waals surface area contributed by atoms with Gasteiger partial charge in [-0.15, -0.1) is 0 Å². The number of aromatic nitrogens is 2. The molecule has 0 radical (unpaired) electrons. The van der Waals surface area contributed by atoms with E-state index in [9.17, 15) is 0 Å². The van der Waals surface area contributed by atoms with Crippen LogP contribution in [0, 0.1) is 0 Å². The molecule has 6 nitrogen and oxygen atoms in total. The van der Waals surface area contributed by atoms with Gasteiger partial charge in [0.05, 0.1) is 0 Å². The summed E-state index contributed by atoms with van der Waals surface area (Å²) in [4.78, 5) is 17.8. The van der Waals surface area contributed by atoms with E-state index in [4.69, 9.17) is 4.98 Å². The van der Waals surface area contributed by atoms with Gasteiger partial charge in [-0.2, -0.15) is 4.98 Å². The zero-order chi connectivity index (χ0) is 23.7. The van der Waals surface area contributed by atoms with Gasteiger partial charge in [0.15, 0.2) is 0 Å². The lowest BCUT2D eigenvalue weighted by Gasteiger charge is -2.37. The lowest BCUT2D eigenvalue weighted by Crippen LogP contribution is -2.45. The molecule has 1 aromatic rings. The van der Waals surface area contributed by atoms with Crippen molar-refractivity contribution in [2.45, 2.75) is 121 Å². The van der Waals surface area contributed by atoms with E-state index in [1.165, 1.54) is 129 Å². The molecular formula is C29H50N6. The molecule has 6 heteroatoms. The molecule has 3 saturated heterocycles. The maximum Gasteiger partial charge on any atom is 0.224 e. The van der Waals surface area contributed by atoms with Crippen molar-refractivity contribution < 1.29 is 0 Å². The molecule has 1 saturated carbocycles. The summed E-state index contributed by atoms with van der Waals surface area (Å²) >= 11 is 0. The van der Waals surface area contributed by atoms with Gasteiger partial charge in [-0.05, 0) is 83.5 Å². The third-order valence-electron chi connectivity index (χ3n) is 9.19. The molecule has 0 amide bonds. The van der Waals surface area contributed by atoms with Crippen LogP contribution in [0.1, 0.15) is 103 Å². The smallest absolute Gasteiger partial charge is 0.224 e. The van der Waals surface area contributed by atoms with Crippen molar-refractivity contribution in [1.82, 2.24) is 19.8 Å². The van der Waals surface area contributed by atoms with Crippen LogP contribution >= 0.6 is 0 Å². The van der Waals surface area contributed by atoms with Gasteiger partial charge in [-0.25, -0.2) is 4.98 Å². The minimum absolute atomic E-state index is 0.473. The third-order valence-corrected chi connectivity index (χ3v) is 9.19. The average molecular weight is 483 g/mol. The predicted molar refractivity (Wildman–Crippen MR) is 146 cm³/mol. The molecule has 0 bridgehead atoms. The van der Waals surface area contributed by atoms with Gasteiger partial charge in [-0.1, -0.05) is 44.9 Å². The van der Waals surface area contributed by atoms with Crippen LogP contribution < -0.4 is 10.2 Å². The fourth-order valence-corrected chi connectivity index (χ4v) is 7.22. The number of hydrogen-bond acceptors (Lipinski definition) is 6. The minimum atomic E-state index is 0.473. The Morgan fingerprint density at radius 1 is 0.771 bits per heavy atom. The second-order valence-corrected chi connectivity index (χ2v) is 11.7. The molecule has 4 heterocycles. The van der Waals surface area contributed by atoms with E-state index in [0.29, 0.717) is 12.1 Å². The standard InChI is InChI=1S/C29H50N6/c1-2-9-20-33(19-8-1)21-12-15-27-26(17-24-35(27)25-13-6-5-7-14-25)31-29-30-18-16-28(32-29)34-22-10-3-4-11-23-34/h16,18,25-27H,1-15,17,19-24H2,(H,30,31,32)/t26-,27+/m0/s1. The lowest BCUT2D eigenvalue weighted by molar-refractivity contribution is 0.129. The number of likely N-dealkylation sites (tertiary alicyclic amines) is 2. The van der Waals surface area contributed by atoms with Crippen molar-refractivity contribution in [2.75, 3.05) is 49.5 Å². The second-order valence-electron chi connectivity index (χ2n) is 11.7. The normalized spacial score (nSPS) is 28.1. The molecule has 1 aromatic heterocycles. The predicted octanol–water partition coefficient (Wildman–Crippen LogP) is 5.70. The number of hydrogen-bond donors (Lipinski definition) is 1. The maximum atomic E-state index is 5.01. The summed E-state index contributed by atoms with van der Waals surface area (Å²) in [6.07, 6.45) is 23.8. The molecule has 0 unspecified atom stereocenters. The zero-order valence-electron chi connectivity index (χ0n) is 22.2. The van der Waals surface area contributed by atoms with Crippen LogP contribution in [0.15, 0.2) is 12.3 Å². The first-order chi connectivity index (χ1) is 17.4. The SMILES string of the molecule is c1cc(N2CCCCCC2)nc(N[C@H]2CCN(C3CCCCC3)[C@@H]2CCCN2CCCCCC2)n1. The van der Waals surface area contributed by atoms with Crippen molar-refractivity contribution in [1.29, 1.82) is 0 Å². The summed E-state index contributed by atoms with van der Waals surface area (Å²) in [5, 5.41) is 3.85. The quantitative estimate of drug-likeness (QED) is 0.513. The first-order valence-electron chi connectivity index (χ1n) is 15.2. The number of nitrogens with one attached hydrogen (secondary N) is 1. The topological polar surface area (TPSA) is 47.5 Å². The van der Waals surface area contributed by atoms with E-state index >= 15 is 0 Å². The summed E-state index contributed by atoms with van der Waals surface area (Å²) in [5.41, 5.74) is 0. The van der Waals surface area contributed by atoms with E-state index < -0.39 is 0 Å². The average Bonchev–Trinajstić information content (AvgIpc) is 3.11. The van der Waals surface area contributed by atoms with E-state index in [-0.39, 0.29) is 0 Å². The molecule has 0 aromatic carbocycles. The number of nitrogens with zero attached hydrogens (tertiary/aromatic N) is 5. The van der Waals surface area contributed by atoms with Gasteiger partial charge in [-0.3, -0.25) is 4.90 Å². The molecule has 35 heavy (non-hydrogen) atoms. The Balaban J connectivity index is 1.23. The highest BCUT2D eigenvalue weighted by atomic mass is 15.3. The second kappa shape index (κ2) is 13.2. The minimum Gasteiger partial charge on any atom is -0.356 e. The summed E-state index contributed by atoms with van der Waals surface area (Å²) in [6, 6.07) is 4.00. The summed E-state index contributed by atoms with van der Waals surface area (Å²) in [6.45, 7) is 7.42. The van der Waals surface area contributed by atoms with Crippen molar-refractivity contribution in [3.05, 3.63) is 12.3 Å². The van der Waals surface area contributed by atoms with Crippen LogP contribution in [0.25, 0.3) is 0 Å². The van der Waals surface area contributed by atoms with Crippen LogP contribution in [-0.4, -0.2) is 77.2 Å². The first kappa shape index (κ1) is 25.3. The van der Waals surface area contributed by atoms with Gasteiger partial charge in [0.1, 0.15) is 5.82 Å². The summed E-state index contributed by atoms with van der Waals surface area (Å²) in [5.74, 6) is 1.96. The molecule has 2 atom stereocenters. The van der Waals surface area contributed by atoms with Crippen LogP contribution in [0.2, 0.25) is 0 Å². The van der Waals surface area contributed by atoms with Crippen LogP contribution in [-0.2, 0) is 0 Å². The van der Waals surface area contributed by atoms with E-state index in [0.717, 1.165) is 30.9 Å². The molecule has 4 fully saturated rings. The Kier molecular flexibility index (Phi) is 9.55. The molecule has 1 N–H and O–H groups in total. The highest BCUT2D eigenvalue weighted by Crippen LogP contribution is 2.33. The Morgan fingerprint density at radius 3 is 2.20 bits per heavy atom. The van der Waals surface area contributed by atoms with Gasteiger partial charge in [0.25, 0.3) is 0 Å². The molecule has 1 aliphatic carbocycles. The Morgan fingerprint density at radius 2 is 1.46 bits per heavy atom. The molecule has 3 aliphatic heterocycles. The van der Waals surface area contributed by atoms with Crippen LogP contribution in [0.4, 0.5) is 11.8 Å². The number of rotatable bonds is 8. The summed E-state index contributed by atoms with van der Waals surface area (Å²) in [7, 11) is 0. The zero-order valence-corrected chi connectivity index (χ0v) is 22.2. The van der Waals surface area contributed by atoms with Gasteiger partial charge < -0.3 is 15.1 Å². The van der Waals surface area contributed by atoms with Crippen molar-refractivity contribution in [3.8, 4) is 0 Å². The van der Waals surface area contributed by atoms with Crippen molar-refractivity contribution >= 4 is 11.8 Å². The first-order valence-corrected chi connectivity index (χ1v) is 15.2. The summed E-state index contributed by atoms with van der Waals surface area (Å²) < 4.78 is 0. The lowest BCUT2D eigenvalue weighted by atomic mass is 9.92. The molecule has 0 spiro atoms. The fourth-order valence-electron chi connectivity index (χ4n) is 7.22. The van der Waals surface area contributed by atoms with Crippen molar-refractivity contribution in [2.24, 2.45) is 0 Å². The molecule has 196 valence electrons. The largest absolute Gasteiger partial charge is 0.356 e. The Bertz CT molecular complexity index is 734. The number of anilines is 2. The molecular weight excluding hydrogens is 432 g/mol. The van der Waals surface area contributed by atoms with Crippen LogP contribution in [0.5, 0.6) is 0 Å². The monoisotopic (exact) mass is 482 g/mol. The van der Waals surface area contributed by atoms with Gasteiger partial charge in [0, 0.05) is 44.0 Å². The highest BCUT2D eigenvalue weighted by molar-refractivity contribution is 5.43. The van der Waals surface area contributed by atoms with E-state index in [2.05, 4.69) is 31.1 Å². The maximum absolute atomic E-state index is 5.01. The Hall–Kier alpha value is -1.40. The Labute approximate surface area is 214 Å². The van der Waals surface area contributed by atoms with E-state index in [1.54, 1.807) is 0 Å². The fraction of sp³-hybridized carbons (Fsp3) is 0.862.